The number of pyridine rings is 1. The molecule has 1 aromatic carbocycles. The zero-order valence-corrected chi connectivity index (χ0v) is 13.0. The van der Waals surface area contributed by atoms with Crippen LogP contribution in [0.4, 0.5) is 5.00 Å². The fourth-order valence-corrected chi connectivity index (χ4v) is 2.95. The van der Waals surface area contributed by atoms with E-state index in [0.29, 0.717) is 17.1 Å². The summed E-state index contributed by atoms with van der Waals surface area (Å²) in [5, 5.41) is 13.2. The molecular formula is C16H11ClN4S. The van der Waals surface area contributed by atoms with E-state index in [2.05, 4.69) is 32.9 Å². The lowest BCUT2D eigenvalue weighted by atomic mass is 10.1. The highest BCUT2D eigenvalue weighted by atomic mass is 35.5. The Morgan fingerprint density at radius 1 is 1.18 bits per heavy atom. The van der Waals surface area contributed by atoms with Crippen molar-refractivity contribution in [1.82, 2.24) is 9.36 Å². The van der Waals surface area contributed by atoms with Gasteiger partial charge in [-0.3, -0.25) is 4.98 Å². The molecule has 0 bridgehead atoms. The van der Waals surface area contributed by atoms with Crippen LogP contribution in [0, 0.1) is 11.3 Å². The molecule has 0 radical (unpaired) electrons. The molecule has 0 saturated heterocycles. The lowest BCUT2D eigenvalue weighted by Crippen LogP contribution is -1.98. The molecule has 3 rings (SSSR count). The van der Waals surface area contributed by atoms with Crippen molar-refractivity contribution in [2.75, 3.05) is 5.32 Å². The molecule has 22 heavy (non-hydrogen) atoms. The van der Waals surface area contributed by atoms with Crippen molar-refractivity contribution in [2.45, 2.75) is 6.54 Å². The maximum Gasteiger partial charge on any atom is 0.162 e. The molecule has 2 heterocycles. The van der Waals surface area contributed by atoms with E-state index < -0.39 is 0 Å². The van der Waals surface area contributed by atoms with Gasteiger partial charge in [-0.2, -0.15) is 9.64 Å². The minimum absolute atomic E-state index is 0.252. The molecule has 3 aromatic rings. The number of halogens is 1. The molecule has 0 atom stereocenters. The van der Waals surface area contributed by atoms with Gasteiger partial charge < -0.3 is 5.32 Å². The van der Waals surface area contributed by atoms with Crippen molar-refractivity contribution in [1.29, 1.82) is 5.26 Å². The van der Waals surface area contributed by atoms with E-state index in [1.54, 1.807) is 6.20 Å². The SMILES string of the molecule is N#Cc1c(Cl)nsc1NCc1ccc(-c2cccnc2)cc1. The first kappa shape index (κ1) is 14.5. The number of hydrogen-bond acceptors (Lipinski definition) is 5. The Hall–Kier alpha value is -2.42. The van der Waals surface area contributed by atoms with Crippen molar-refractivity contribution < 1.29 is 0 Å². The molecule has 4 nitrogen and oxygen atoms in total. The van der Waals surface area contributed by atoms with Gasteiger partial charge in [0.1, 0.15) is 16.6 Å². The smallest absolute Gasteiger partial charge is 0.162 e. The van der Waals surface area contributed by atoms with Crippen LogP contribution in [0.1, 0.15) is 11.1 Å². The van der Waals surface area contributed by atoms with Crippen LogP contribution >= 0.6 is 23.1 Å². The monoisotopic (exact) mass is 326 g/mol. The Balaban J connectivity index is 1.71. The van der Waals surface area contributed by atoms with Gasteiger partial charge in [-0.1, -0.05) is 41.9 Å². The standard InChI is InChI=1S/C16H11ClN4S/c17-15-14(8-18)16(22-21-15)20-9-11-3-5-12(6-4-11)13-2-1-7-19-10-13/h1-7,10,20H,9H2. The van der Waals surface area contributed by atoms with Crippen LogP contribution in [0.15, 0.2) is 48.8 Å². The van der Waals surface area contributed by atoms with Crippen molar-refractivity contribution in [2.24, 2.45) is 0 Å². The van der Waals surface area contributed by atoms with E-state index in [0.717, 1.165) is 16.7 Å². The Morgan fingerprint density at radius 3 is 2.68 bits per heavy atom. The van der Waals surface area contributed by atoms with Crippen LogP contribution in [0.25, 0.3) is 11.1 Å². The molecule has 6 heteroatoms. The molecule has 0 fully saturated rings. The summed E-state index contributed by atoms with van der Waals surface area (Å²) in [7, 11) is 0. The van der Waals surface area contributed by atoms with Crippen molar-refractivity contribution >= 4 is 28.1 Å². The molecule has 0 saturated carbocycles. The minimum atomic E-state index is 0.252. The maximum absolute atomic E-state index is 9.03. The summed E-state index contributed by atoms with van der Waals surface area (Å²) in [6.45, 7) is 0.612. The van der Waals surface area contributed by atoms with Crippen molar-refractivity contribution in [3.05, 3.63) is 65.1 Å². The van der Waals surface area contributed by atoms with Gasteiger partial charge in [0, 0.05) is 18.9 Å². The summed E-state index contributed by atoms with van der Waals surface area (Å²) in [5.41, 5.74) is 3.72. The van der Waals surface area contributed by atoms with E-state index in [1.807, 2.05) is 30.5 Å². The Bertz CT molecular complexity index is 806. The fraction of sp³-hybridized carbons (Fsp3) is 0.0625. The van der Waals surface area contributed by atoms with E-state index in [-0.39, 0.29) is 5.15 Å². The first-order valence-corrected chi connectivity index (χ1v) is 7.71. The summed E-state index contributed by atoms with van der Waals surface area (Å²) in [6.07, 6.45) is 3.60. The van der Waals surface area contributed by atoms with Crippen LogP contribution in [0.5, 0.6) is 0 Å². The van der Waals surface area contributed by atoms with Crippen LogP contribution in [-0.2, 0) is 6.54 Å². The van der Waals surface area contributed by atoms with Crippen molar-refractivity contribution in [3.8, 4) is 17.2 Å². The molecule has 0 amide bonds. The Labute approximate surface area is 137 Å². The molecule has 2 aromatic heterocycles. The van der Waals surface area contributed by atoms with Gasteiger partial charge in [-0.25, -0.2) is 0 Å². The minimum Gasteiger partial charge on any atom is -0.370 e. The summed E-state index contributed by atoms with van der Waals surface area (Å²) in [4.78, 5) is 4.12. The maximum atomic E-state index is 9.03. The predicted molar refractivity (Wildman–Crippen MR) is 88.8 cm³/mol. The van der Waals surface area contributed by atoms with Crippen LogP contribution in [0.3, 0.4) is 0 Å². The highest BCUT2D eigenvalue weighted by molar-refractivity contribution is 7.10. The quantitative estimate of drug-likeness (QED) is 0.774. The van der Waals surface area contributed by atoms with E-state index >= 15 is 0 Å². The van der Waals surface area contributed by atoms with Gasteiger partial charge in [0.05, 0.1) is 0 Å². The third-order valence-corrected chi connectivity index (χ3v) is 4.34. The highest BCUT2D eigenvalue weighted by Gasteiger charge is 2.11. The predicted octanol–water partition coefficient (Wildman–Crippen LogP) is 4.34. The topological polar surface area (TPSA) is 61.6 Å². The second-order valence-electron chi connectivity index (χ2n) is 4.58. The van der Waals surface area contributed by atoms with Crippen LogP contribution < -0.4 is 5.32 Å². The number of nitrogens with one attached hydrogen (secondary N) is 1. The number of rotatable bonds is 4. The second kappa shape index (κ2) is 6.56. The summed E-state index contributed by atoms with van der Waals surface area (Å²) < 4.78 is 3.97. The first-order valence-electron chi connectivity index (χ1n) is 6.56. The largest absolute Gasteiger partial charge is 0.370 e. The molecule has 1 N–H and O–H groups in total. The lowest BCUT2D eigenvalue weighted by Gasteiger charge is -2.06. The third kappa shape index (κ3) is 3.08. The van der Waals surface area contributed by atoms with Gasteiger partial charge in [0.2, 0.25) is 0 Å². The third-order valence-electron chi connectivity index (χ3n) is 3.16. The van der Waals surface area contributed by atoms with Gasteiger partial charge in [-0.15, -0.1) is 0 Å². The van der Waals surface area contributed by atoms with Gasteiger partial charge in [-0.05, 0) is 34.3 Å². The summed E-state index contributed by atoms with van der Waals surface area (Å²) in [6, 6.07) is 14.2. The van der Waals surface area contributed by atoms with Gasteiger partial charge in [0.25, 0.3) is 0 Å². The zero-order chi connectivity index (χ0) is 15.4. The average molecular weight is 327 g/mol. The molecule has 0 aliphatic rings. The summed E-state index contributed by atoms with van der Waals surface area (Å²) >= 11 is 7.04. The first-order chi connectivity index (χ1) is 10.8. The Kier molecular flexibility index (Phi) is 4.33. The van der Waals surface area contributed by atoms with E-state index in [4.69, 9.17) is 16.9 Å². The molecular weight excluding hydrogens is 316 g/mol. The molecule has 0 unspecified atom stereocenters. The van der Waals surface area contributed by atoms with Gasteiger partial charge >= 0.3 is 0 Å². The summed E-state index contributed by atoms with van der Waals surface area (Å²) in [5.74, 6) is 0. The lowest BCUT2D eigenvalue weighted by molar-refractivity contribution is 1.16. The highest BCUT2D eigenvalue weighted by Crippen LogP contribution is 2.28. The number of benzene rings is 1. The molecule has 0 spiro atoms. The number of nitriles is 1. The molecule has 0 aliphatic heterocycles. The van der Waals surface area contributed by atoms with Gasteiger partial charge in [0.15, 0.2) is 5.15 Å². The normalized spacial score (nSPS) is 10.2. The van der Waals surface area contributed by atoms with Crippen LogP contribution in [0.2, 0.25) is 5.15 Å². The fourth-order valence-electron chi connectivity index (χ4n) is 2.02. The number of anilines is 1. The zero-order valence-electron chi connectivity index (χ0n) is 11.5. The van der Waals surface area contributed by atoms with E-state index in [1.165, 1.54) is 11.5 Å². The number of aromatic nitrogens is 2. The second-order valence-corrected chi connectivity index (χ2v) is 5.71. The number of nitrogens with zero attached hydrogens (tertiary/aromatic N) is 3. The number of hydrogen-bond donors (Lipinski definition) is 1. The molecule has 108 valence electrons. The van der Waals surface area contributed by atoms with Crippen LogP contribution in [-0.4, -0.2) is 9.36 Å². The molecule has 0 aliphatic carbocycles. The van der Waals surface area contributed by atoms with Crippen molar-refractivity contribution in [3.63, 3.8) is 0 Å². The average Bonchev–Trinajstić information content (AvgIpc) is 2.94. The van der Waals surface area contributed by atoms with E-state index in [9.17, 15) is 0 Å². The Morgan fingerprint density at radius 2 is 2.00 bits per heavy atom.